The van der Waals surface area contributed by atoms with Gasteiger partial charge in [0, 0.05) is 36.5 Å². The van der Waals surface area contributed by atoms with Crippen LogP contribution in [-0.2, 0) is 14.1 Å². The summed E-state index contributed by atoms with van der Waals surface area (Å²) in [5.74, 6) is -0.450. The van der Waals surface area contributed by atoms with Crippen LogP contribution in [0.3, 0.4) is 0 Å². The maximum atomic E-state index is 11.9. The molecule has 35 heavy (non-hydrogen) atoms. The van der Waals surface area contributed by atoms with Crippen LogP contribution in [0.4, 0.5) is 26.3 Å². The van der Waals surface area contributed by atoms with E-state index in [1.54, 1.807) is 41.7 Å². The molecule has 0 spiro atoms. The normalized spacial score (nSPS) is 11.0. The lowest BCUT2D eigenvalue weighted by atomic mass is 10.1. The molecule has 0 aliphatic carbocycles. The van der Waals surface area contributed by atoms with Crippen molar-refractivity contribution in [3.63, 3.8) is 0 Å². The zero-order valence-electron chi connectivity index (χ0n) is 18.3. The summed E-state index contributed by atoms with van der Waals surface area (Å²) < 4.78 is 82.4. The van der Waals surface area contributed by atoms with Crippen LogP contribution >= 0.6 is 15.9 Å². The molecule has 2 aromatic heterocycles. The molecule has 0 amide bonds. The number of imidazole rings is 2. The van der Waals surface area contributed by atoms with Crippen molar-refractivity contribution in [2.75, 3.05) is 0 Å². The lowest BCUT2D eigenvalue weighted by molar-refractivity contribution is -0.275. The van der Waals surface area contributed by atoms with Crippen LogP contribution in [0, 0.1) is 0 Å². The maximum absolute atomic E-state index is 11.9. The Morgan fingerprint density at radius 2 is 1.26 bits per heavy atom. The average molecular weight is 565 g/mol. The summed E-state index contributed by atoms with van der Waals surface area (Å²) in [6.45, 7) is 0. The SMILES string of the molecule is Cn1ccnc1.Cn1cncc1-c1ccc(OC(F)(F)F)cc1.FC(F)(F)Oc1ccc(Br)cc1. The minimum absolute atomic E-state index is 0.217. The van der Waals surface area contributed by atoms with Gasteiger partial charge in [0.1, 0.15) is 11.5 Å². The highest BCUT2D eigenvalue weighted by atomic mass is 79.9. The van der Waals surface area contributed by atoms with E-state index in [0.29, 0.717) is 4.47 Å². The number of nitrogens with zero attached hydrogens (tertiary/aromatic N) is 4. The van der Waals surface area contributed by atoms with Gasteiger partial charge in [-0.25, -0.2) is 9.97 Å². The highest BCUT2D eigenvalue weighted by Crippen LogP contribution is 2.26. The van der Waals surface area contributed by atoms with Crippen molar-refractivity contribution >= 4 is 15.9 Å². The molecular weight excluding hydrogens is 546 g/mol. The topological polar surface area (TPSA) is 54.1 Å². The number of aryl methyl sites for hydroxylation is 2. The third-order valence-electron chi connectivity index (χ3n) is 3.88. The molecule has 0 N–H and O–H groups in total. The van der Waals surface area contributed by atoms with E-state index in [1.165, 1.54) is 36.4 Å². The van der Waals surface area contributed by atoms with E-state index in [4.69, 9.17) is 0 Å². The number of halogens is 7. The first-order valence-corrected chi connectivity index (χ1v) is 10.4. The summed E-state index contributed by atoms with van der Waals surface area (Å²) in [4.78, 5) is 7.72. The van der Waals surface area contributed by atoms with Crippen LogP contribution in [0.25, 0.3) is 11.3 Å². The summed E-state index contributed by atoms with van der Waals surface area (Å²) in [5, 5.41) is 0. The standard InChI is InChI=1S/C11H9F3N2O.C7H4BrF3O.C4H6N2/c1-16-7-15-6-10(16)8-2-4-9(5-3-8)17-11(12,13)14;8-5-1-3-6(4-2-5)12-7(9,10)11;1-6-3-2-5-4-6/h2-7H,1H3;1-4H;2-4H,1H3. The minimum atomic E-state index is -4.66. The van der Waals surface area contributed by atoms with Crippen molar-refractivity contribution in [1.29, 1.82) is 0 Å². The number of ether oxygens (including phenoxy) is 2. The highest BCUT2D eigenvalue weighted by molar-refractivity contribution is 9.10. The number of aromatic nitrogens is 4. The zero-order valence-corrected chi connectivity index (χ0v) is 19.8. The third kappa shape index (κ3) is 11.0. The van der Waals surface area contributed by atoms with Gasteiger partial charge in [0.15, 0.2) is 0 Å². The summed E-state index contributed by atoms with van der Waals surface area (Å²) in [5.41, 5.74) is 1.60. The molecule has 13 heteroatoms. The first-order chi connectivity index (χ1) is 16.3. The second-order valence-electron chi connectivity index (χ2n) is 6.69. The predicted molar refractivity (Wildman–Crippen MR) is 119 cm³/mol. The van der Waals surface area contributed by atoms with Crippen LogP contribution < -0.4 is 9.47 Å². The molecule has 0 atom stereocenters. The number of hydrogen-bond donors (Lipinski definition) is 0. The molecular formula is C22H19BrF6N4O2. The number of alkyl halides is 6. The Bertz CT molecular complexity index is 1140. The number of rotatable bonds is 3. The summed E-state index contributed by atoms with van der Waals surface area (Å²) >= 11 is 3.09. The zero-order chi connectivity index (χ0) is 26.1. The van der Waals surface area contributed by atoms with Gasteiger partial charge in [-0.05, 0) is 48.5 Å². The van der Waals surface area contributed by atoms with E-state index in [-0.39, 0.29) is 11.5 Å². The fourth-order valence-electron chi connectivity index (χ4n) is 2.42. The summed E-state index contributed by atoms with van der Waals surface area (Å²) in [6, 6.07) is 11.1. The van der Waals surface area contributed by atoms with E-state index < -0.39 is 12.7 Å². The Hall–Kier alpha value is -3.48. The van der Waals surface area contributed by atoms with Crippen molar-refractivity contribution < 1.29 is 35.8 Å². The Morgan fingerprint density at radius 1 is 0.743 bits per heavy atom. The Balaban J connectivity index is 0.000000207. The van der Waals surface area contributed by atoms with Gasteiger partial charge in [-0.3, -0.25) is 0 Å². The van der Waals surface area contributed by atoms with Gasteiger partial charge in [0.05, 0.1) is 24.5 Å². The fraction of sp³-hybridized carbons (Fsp3) is 0.182. The molecule has 4 rings (SSSR count). The van der Waals surface area contributed by atoms with Gasteiger partial charge < -0.3 is 18.6 Å². The second-order valence-corrected chi connectivity index (χ2v) is 7.61. The van der Waals surface area contributed by atoms with Crippen molar-refractivity contribution in [2.45, 2.75) is 12.7 Å². The van der Waals surface area contributed by atoms with E-state index in [2.05, 4.69) is 35.4 Å². The van der Waals surface area contributed by atoms with Gasteiger partial charge in [-0.2, -0.15) is 0 Å². The monoisotopic (exact) mass is 564 g/mol. The Kier molecular flexibility index (Phi) is 9.75. The molecule has 2 aromatic carbocycles. The quantitative estimate of drug-likeness (QED) is 0.258. The van der Waals surface area contributed by atoms with Gasteiger partial charge in [0.25, 0.3) is 0 Å². The number of benzene rings is 2. The highest BCUT2D eigenvalue weighted by Gasteiger charge is 2.31. The minimum Gasteiger partial charge on any atom is -0.406 e. The molecule has 6 nitrogen and oxygen atoms in total. The summed E-state index contributed by atoms with van der Waals surface area (Å²) in [6.07, 6.45) is -0.628. The molecule has 0 saturated heterocycles. The molecule has 0 saturated carbocycles. The van der Waals surface area contributed by atoms with Gasteiger partial charge in [0.2, 0.25) is 0 Å². The van der Waals surface area contributed by atoms with Crippen LogP contribution in [0.1, 0.15) is 0 Å². The Labute approximate surface area is 204 Å². The van der Waals surface area contributed by atoms with Crippen LogP contribution in [0.15, 0.2) is 84.2 Å². The van der Waals surface area contributed by atoms with E-state index >= 15 is 0 Å². The predicted octanol–water partition coefficient (Wildman–Crippen LogP) is 6.75. The fourth-order valence-corrected chi connectivity index (χ4v) is 2.69. The van der Waals surface area contributed by atoms with Crippen molar-refractivity contribution in [3.8, 4) is 22.8 Å². The number of hydrogen-bond acceptors (Lipinski definition) is 4. The lowest BCUT2D eigenvalue weighted by Gasteiger charge is -2.09. The first kappa shape index (κ1) is 27.8. The third-order valence-corrected chi connectivity index (χ3v) is 4.41. The van der Waals surface area contributed by atoms with Crippen LogP contribution in [-0.4, -0.2) is 31.8 Å². The van der Waals surface area contributed by atoms with E-state index in [1.807, 2.05) is 24.9 Å². The molecule has 0 aliphatic heterocycles. The summed E-state index contributed by atoms with van der Waals surface area (Å²) in [7, 11) is 3.75. The van der Waals surface area contributed by atoms with Crippen molar-refractivity contribution in [1.82, 2.24) is 19.1 Å². The molecule has 188 valence electrons. The molecule has 0 aliphatic rings. The second kappa shape index (κ2) is 12.3. The molecule has 2 heterocycles. The molecule has 0 bridgehead atoms. The van der Waals surface area contributed by atoms with Gasteiger partial charge in [-0.1, -0.05) is 15.9 Å². The first-order valence-electron chi connectivity index (χ1n) is 9.58. The van der Waals surface area contributed by atoms with Crippen LogP contribution in [0.2, 0.25) is 0 Å². The molecule has 0 radical (unpaired) electrons. The smallest absolute Gasteiger partial charge is 0.406 e. The van der Waals surface area contributed by atoms with E-state index in [9.17, 15) is 26.3 Å². The Morgan fingerprint density at radius 3 is 1.60 bits per heavy atom. The van der Waals surface area contributed by atoms with Crippen LogP contribution in [0.5, 0.6) is 11.5 Å². The molecule has 0 unspecified atom stereocenters. The van der Waals surface area contributed by atoms with Gasteiger partial charge in [-0.15, -0.1) is 26.3 Å². The largest absolute Gasteiger partial charge is 0.573 e. The lowest BCUT2D eigenvalue weighted by Crippen LogP contribution is -2.16. The maximum Gasteiger partial charge on any atom is 0.573 e. The molecule has 4 aromatic rings. The van der Waals surface area contributed by atoms with Crippen molar-refractivity contribution in [2.24, 2.45) is 14.1 Å². The average Bonchev–Trinajstić information content (AvgIpc) is 3.40. The van der Waals surface area contributed by atoms with Gasteiger partial charge >= 0.3 is 12.7 Å². The van der Waals surface area contributed by atoms with Crippen molar-refractivity contribution in [3.05, 3.63) is 84.2 Å². The van der Waals surface area contributed by atoms with E-state index in [0.717, 1.165) is 11.3 Å². The molecule has 0 fully saturated rings.